The minimum absolute atomic E-state index is 0.0570. The first-order valence-electron chi connectivity index (χ1n) is 5.74. The van der Waals surface area contributed by atoms with E-state index in [1.54, 1.807) is 0 Å². The molecule has 0 amide bonds. The number of hydrogen-bond acceptors (Lipinski definition) is 6. The van der Waals surface area contributed by atoms with Crippen molar-refractivity contribution in [3.63, 3.8) is 0 Å². The summed E-state index contributed by atoms with van der Waals surface area (Å²) in [6.45, 7) is 0. The van der Waals surface area contributed by atoms with E-state index < -0.39 is 25.9 Å². The molecule has 1 aliphatic heterocycles. The van der Waals surface area contributed by atoms with Gasteiger partial charge >= 0.3 is 0 Å². The molecule has 0 radical (unpaired) electrons. The summed E-state index contributed by atoms with van der Waals surface area (Å²) < 4.78 is 48.3. The Morgan fingerprint density at radius 2 is 2.05 bits per heavy atom. The Morgan fingerprint density at radius 3 is 2.60 bits per heavy atom. The largest absolute Gasteiger partial charge is 0.397 e. The van der Waals surface area contributed by atoms with Crippen molar-refractivity contribution in [3.8, 4) is 0 Å². The molecule has 2 rings (SSSR count). The summed E-state index contributed by atoms with van der Waals surface area (Å²) in [5.74, 6) is -0.0740. The number of benzene rings is 1. The van der Waals surface area contributed by atoms with Crippen molar-refractivity contribution in [2.75, 3.05) is 23.9 Å². The Balaban J connectivity index is 2.29. The lowest BCUT2D eigenvalue weighted by molar-refractivity contribution is 0.588. The van der Waals surface area contributed by atoms with Gasteiger partial charge in [0.15, 0.2) is 9.84 Å². The van der Waals surface area contributed by atoms with Gasteiger partial charge in [-0.15, -0.1) is 0 Å². The van der Waals surface area contributed by atoms with Gasteiger partial charge in [0.2, 0.25) is 10.0 Å². The molecule has 0 aliphatic carbocycles. The van der Waals surface area contributed by atoms with Crippen LogP contribution in [0, 0.1) is 0 Å². The number of anilines is 2. The highest BCUT2D eigenvalue weighted by Gasteiger charge is 2.22. The highest BCUT2D eigenvalue weighted by atomic mass is 32.2. The van der Waals surface area contributed by atoms with E-state index in [0.29, 0.717) is 11.4 Å². The zero-order valence-corrected chi connectivity index (χ0v) is 12.3. The predicted octanol–water partition coefficient (Wildman–Crippen LogP) is -0.100. The van der Waals surface area contributed by atoms with Crippen LogP contribution in [0.5, 0.6) is 0 Å². The number of sulfone groups is 1. The van der Waals surface area contributed by atoms with E-state index in [-0.39, 0.29) is 10.6 Å². The summed E-state index contributed by atoms with van der Waals surface area (Å²) in [5.41, 5.74) is 6.50. The molecule has 20 heavy (non-hydrogen) atoms. The zero-order valence-electron chi connectivity index (χ0n) is 10.7. The minimum Gasteiger partial charge on any atom is -0.397 e. The first-order chi connectivity index (χ1) is 9.23. The van der Waals surface area contributed by atoms with Crippen molar-refractivity contribution in [1.82, 2.24) is 4.72 Å². The molecule has 0 aromatic heterocycles. The van der Waals surface area contributed by atoms with Gasteiger partial charge in [-0.1, -0.05) is 6.08 Å². The third-order valence-corrected chi connectivity index (χ3v) is 5.68. The molecule has 0 saturated heterocycles. The van der Waals surface area contributed by atoms with Crippen LogP contribution in [-0.4, -0.2) is 35.7 Å². The number of nitrogen functional groups attached to an aromatic ring is 1. The molecule has 1 aliphatic rings. The van der Waals surface area contributed by atoms with Crippen LogP contribution >= 0.6 is 0 Å². The first-order valence-corrected chi connectivity index (χ1v) is 8.94. The molecule has 1 unspecified atom stereocenters. The minimum atomic E-state index is -3.58. The van der Waals surface area contributed by atoms with Crippen LogP contribution in [-0.2, 0) is 19.9 Å². The second-order valence-corrected chi connectivity index (χ2v) is 8.18. The fourth-order valence-electron chi connectivity index (χ4n) is 1.81. The summed E-state index contributed by atoms with van der Waals surface area (Å²) in [5, 5.41) is 4.05. The highest BCUT2D eigenvalue weighted by molar-refractivity contribution is 7.94. The van der Waals surface area contributed by atoms with Crippen molar-refractivity contribution < 1.29 is 16.8 Å². The molecule has 7 nitrogen and oxygen atoms in total. The van der Waals surface area contributed by atoms with Crippen LogP contribution in [0.2, 0.25) is 0 Å². The van der Waals surface area contributed by atoms with Crippen molar-refractivity contribution in [3.05, 3.63) is 29.7 Å². The van der Waals surface area contributed by atoms with Gasteiger partial charge in [0.1, 0.15) is 0 Å². The van der Waals surface area contributed by atoms with E-state index in [1.165, 1.54) is 31.3 Å². The quantitative estimate of drug-likeness (QED) is 0.667. The van der Waals surface area contributed by atoms with Crippen LogP contribution in [0.15, 0.2) is 34.6 Å². The number of nitrogens with two attached hydrogens (primary N) is 1. The van der Waals surface area contributed by atoms with Gasteiger partial charge in [0.25, 0.3) is 0 Å². The van der Waals surface area contributed by atoms with Crippen LogP contribution in [0.3, 0.4) is 0 Å². The molecule has 0 fully saturated rings. The molecule has 0 bridgehead atoms. The molecule has 4 N–H and O–H groups in total. The summed E-state index contributed by atoms with van der Waals surface area (Å²) in [6.07, 6.45) is 1.51. The average molecular weight is 317 g/mol. The van der Waals surface area contributed by atoms with Crippen molar-refractivity contribution in [1.29, 1.82) is 0 Å². The molecule has 1 aromatic carbocycles. The van der Waals surface area contributed by atoms with Gasteiger partial charge in [-0.3, -0.25) is 0 Å². The molecule has 0 saturated carbocycles. The average Bonchev–Trinajstić information content (AvgIpc) is 2.71. The van der Waals surface area contributed by atoms with Crippen LogP contribution < -0.4 is 15.8 Å². The maximum atomic E-state index is 11.7. The zero-order chi connectivity index (χ0) is 15.0. The van der Waals surface area contributed by atoms with Gasteiger partial charge in [-0.2, -0.15) is 0 Å². The molecule has 9 heteroatoms. The Bertz CT molecular complexity index is 754. The lowest BCUT2D eigenvalue weighted by atomic mass is 10.2. The van der Waals surface area contributed by atoms with Gasteiger partial charge in [-0.05, 0) is 25.2 Å². The molecule has 1 atom stereocenters. The van der Waals surface area contributed by atoms with E-state index >= 15 is 0 Å². The molecular weight excluding hydrogens is 302 g/mol. The monoisotopic (exact) mass is 317 g/mol. The normalized spacial score (nSPS) is 20.9. The first kappa shape index (κ1) is 14.8. The fraction of sp³-hybridized carbons (Fsp3) is 0.273. The third-order valence-electron chi connectivity index (χ3n) is 2.87. The Kier molecular flexibility index (Phi) is 3.76. The van der Waals surface area contributed by atoms with Gasteiger partial charge < -0.3 is 11.1 Å². The van der Waals surface area contributed by atoms with E-state index in [2.05, 4.69) is 10.0 Å². The fourth-order valence-corrected chi connectivity index (χ4v) is 3.80. The molecule has 0 spiro atoms. The summed E-state index contributed by atoms with van der Waals surface area (Å²) in [6, 6.07) is 3.79. The lowest BCUT2D eigenvalue weighted by Gasteiger charge is -2.15. The summed E-state index contributed by atoms with van der Waals surface area (Å²) in [7, 11) is -5.45. The molecule has 1 aromatic rings. The van der Waals surface area contributed by atoms with Crippen molar-refractivity contribution >= 4 is 31.2 Å². The maximum absolute atomic E-state index is 11.7. The Hall–Kier alpha value is -1.58. The number of rotatable bonds is 4. The van der Waals surface area contributed by atoms with Crippen LogP contribution in [0.25, 0.3) is 0 Å². The molecular formula is C11H15N3O4S2. The van der Waals surface area contributed by atoms with Crippen LogP contribution in [0.4, 0.5) is 11.4 Å². The van der Waals surface area contributed by atoms with E-state index in [9.17, 15) is 16.8 Å². The van der Waals surface area contributed by atoms with E-state index in [1.807, 2.05) is 0 Å². The van der Waals surface area contributed by atoms with Gasteiger partial charge in [0.05, 0.1) is 28.1 Å². The Morgan fingerprint density at radius 1 is 1.35 bits per heavy atom. The van der Waals surface area contributed by atoms with Crippen LogP contribution in [0.1, 0.15) is 0 Å². The molecule has 110 valence electrons. The van der Waals surface area contributed by atoms with Crippen molar-refractivity contribution in [2.24, 2.45) is 0 Å². The standard InChI is InChI=1S/C11H15N3O4S2/c1-13-20(17,18)9-2-3-10(12)11(6-9)14-8-4-5-19(15,16)7-8/h2-6,8,13-14H,7,12H2,1H3. The van der Waals surface area contributed by atoms with E-state index in [4.69, 9.17) is 5.73 Å². The third kappa shape index (κ3) is 3.11. The summed E-state index contributed by atoms with van der Waals surface area (Å²) >= 11 is 0. The second kappa shape index (κ2) is 5.08. The van der Waals surface area contributed by atoms with Crippen molar-refractivity contribution in [2.45, 2.75) is 10.9 Å². The Labute approximate surface area is 117 Å². The summed E-state index contributed by atoms with van der Waals surface area (Å²) in [4.78, 5) is 0.0570. The maximum Gasteiger partial charge on any atom is 0.240 e. The topological polar surface area (TPSA) is 118 Å². The second-order valence-electron chi connectivity index (χ2n) is 4.37. The number of sulfonamides is 1. The lowest BCUT2D eigenvalue weighted by Crippen LogP contribution is -2.22. The number of nitrogens with one attached hydrogen (secondary N) is 2. The SMILES string of the molecule is CNS(=O)(=O)c1ccc(N)c(NC2C=CS(=O)(=O)C2)c1. The number of hydrogen-bond donors (Lipinski definition) is 3. The smallest absolute Gasteiger partial charge is 0.240 e. The predicted molar refractivity (Wildman–Crippen MR) is 77.4 cm³/mol. The van der Waals surface area contributed by atoms with Gasteiger partial charge in [-0.25, -0.2) is 21.6 Å². The molecule has 1 heterocycles. The van der Waals surface area contributed by atoms with Gasteiger partial charge in [0, 0.05) is 5.41 Å². The van der Waals surface area contributed by atoms with E-state index in [0.717, 1.165) is 5.41 Å². The highest BCUT2D eigenvalue weighted by Crippen LogP contribution is 2.25.